The van der Waals surface area contributed by atoms with Crippen LogP contribution in [-0.2, 0) is 26.0 Å². The number of imide groups is 1. The molecule has 1 aromatic heterocycles. The standard InChI is InChI=1S/C25H23N3O7S/c1-15-21-22(24(30)28(23(21)29)20(25(31)32)13-16-5-3-2-4-6-16)18-14-17(7-8-19(18)26-15)36(33,34)27-9-11-35-12-10-27/h2-8,14,20H,9-13H2,1H3,(H,31,32)/t20-/m0/s1. The molecule has 1 N–H and O–H groups in total. The maximum absolute atomic E-state index is 13.6. The second-order valence-corrected chi connectivity index (χ2v) is 10.6. The summed E-state index contributed by atoms with van der Waals surface area (Å²) in [5, 5.41) is 10.1. The van der Waals surface area contributed by atoms with E-state index < -0.39 is 33.8 Å². The van der Waals surface area contributed by atoms with Crippen LogP contribution in [0.25, 0.3) is 10.9 Å². The fourth-order valence-electron chi connectivity index (χ4n) is 4.69. The average molecular weight is 510 g/mol. The summed E-state index contributed by atoms with van der Waals surface area (Å²) >= 11 is 0. The molecule has 3 aromatic rings. The van der Waals surface area contributed by atoms with E-state index in [9.17, 15) is 27.9 Å². The molecule has 1 saturated heterocycles. The molecule has 5 rings (SSSR count). The zero-order chi connectivity index (χ0) is 25.6. The number of aliphatic carboxylic acids is 1. The number of aromatic nitrogens is 1. The van der Waals surface area contributed by atoms with Gasteiger partial charge >= 0.3 is 5.97 Å². The van der Waals surface area contributed by atoms with Gasteiger partial charge in [-0.15, -0.1) is 0 Å². The molecule has 0 aliphatic carbocycles. The molecule has 11 heteroatoms. The molecule has 1 atom stereocenters. The second kappa shape index (κ2) is 9.08. The predicted octanol–water partition coefficient (Wildman–Crippen LogP) is 1.86. The molecule has 0 bridgehead atoms. The summed E-state index contributed by atoms with van der Waals surface area (Å²) < 4.78 is 33.0. The van der Waals surface area contributed by atoms with Crippen LogP contribution in [0.15, 0.2) is 53.4 Å². The van der Waals surface area contributed by atoms with Gasteiger partial charge in [0.1, 0.15) is 6.04 Å². The third-order valence-electron chi connectivity index (χ3n) is 6.48. The number of carboxylic acid groups (broad SMARTS) is 1. The Kier molecular flexibility index (Phi) is 6.07. The van der Waals surface area contributed by atoms with Gasteiger partial charge in [0.25, 0.3) is 11.8 Å². The van der Waals surface area contributed by atoms with Crippen molar-refractivity contribution in [3.05, 3.63) is 70.9 Å². The lowest BCUT2D eigenvalue weighted by Gasteiger charge is -2.26. The van der Waals surface area contributed by atoms with Gasteiger partial charge in [0.2, 0.25) is 10.0 Å². The molecule has 2 aliphatic heterocycles. The van der Waals surface area contributed by atoms with Crippen LogP contribution in [0.1, 0.15) is 32.0 Å². The first-order valence-corrected chi connectivity index (χ1v) is 12.8. The Labute approximate surface area is 207 Å². The first kappa shape index (κ1) is 24.0. The molecular formula is C25H23N3O7S. The number of ether oxygens (including phenoxy) is 1. The summed E-state index contributed by atoms with van der Waals surface area (Å²) in [6.45, 7) is 2.54. The zero-order valence-corrected chi connectivity index (χ0v) is 20.2. The summed E-state index contributed by atoms with van der Waals surface area (Å²) in [5.41, 5.74) is 1.23. The van der Waals surface area contributed by atoms with E-state index >= 15 is 0 Å². The van der Waals surface area contributed by atoms with Crippen molar-refractivity contribution < 1.29 is 32.6 Å². The molecule has 2 aromatic carbocycles. The lowest BCUT2D eigenvalue weighted by molar-refractivity contribution is -0.141. The monoisotopic (exact) mass is 509 g/mol. The number of carbonyl (C=O) groups excluding carboxylic acids is 2. The summed E-state index contributed by atoms with van der Waals surface area (Å²) in [6.07, 6.45) is -0.0668. The number of sulfonamides is 1. The molecule has 0 radical (unpaired) electrons. The number of carboxylic acids is 1. The first-order chi connectivity index (χ1) is 17.2. The molecule has 186 valence electrons. The van der Waals surface area contributed by atoms with Gasteiger partial charge in [-0.05, 0) is 30.7 Å². The van der Waals surface area contributed by atoms with Crippen LogP contribution in [0, 0.1) is 6.92 Å². The topological polar surface area (TPSA) is 134 Å². The van der Waals surface area contributed by atoms with Gasteiger partial charge in [-0.1, -0.05) is 30.3 Å². The summed E-state index contributed by atoms with van der Waals surface area (Å²) in [5.74, 6) is -2.86. The Morgan fingerprint density at radius 1 is 1.06 bits per heavy atom. The van der Waals surface area contributed by atoms with Crippen LogP contribution >= 0.6 is 0 Å². The Morgan fingerprint density at radius 2 is 1.72 bits per heavy atom. The number of amides is 2. The van der Waals surface area contributed by atoms with Gasteiger partial charge in [-0.2, -0.15) is 4.31 Å². The Balaban J connectivity index is 1.61. The number of fused-ring (bicyclic) bond motifs is 3. The number of carbonyl (C=O) groups is 3. The van der Waals surface area contributed by atoms with Crippen molar-refractivity contribution in [3.8, 4) is 0 Å². The lowest BCUT2D eigenvalue weighted by atomic mass is 10.0. The fraction of sp³-hybridized carbons (Fsp3) is 0.280. The van der Waals surface area contributed by atoms with Gasteiger partial charge in [-0.25, -0.2) is 13.2 Å². The Bertz CT molecular complexity index is 1500. The minimum Gasteiger partial charge on any atom is -0.480 e. The van der Waals surface area contributed by atoms with Crippen LogP contribution < -0.4 is 0 Å². The maximum atomic E-state index is 13.6. The first-order valence-electron chi connectivity index (χ1n) is 11.4. The highest BCUT2D eigenvalue weighted by Crippen LogP contribution is 2.34. The molecule has 0 spiro atoms. The van der Waals surface area contributed by atoms with Crippen LogP contribution in [-0.4, -0.2) is 77.8 Å². The molecular weight excluding hydrogens is 486 g/mol. The Hall–Kier alpha value is -3.67. The molecule has 3 heterocycles. The summed E-state index contributed by atoms with van der Waals surface area (Å²) in [7, 11) is -3.87. The number of rotatable bonds is 6. The molecule has 2 aliphatic rings. The van der Waals surface area contributed by atoms with E-state index in [4.69, 9.17) is 4.74 Å². The predicted molar refractivity (Wildman–Crippen MR) is 128 cm³/mol. The van der Waals surface area contributed by atoms with E-state index in [1.54, 1.807) is 37.3 Å². The number of morpholine rings is 1. The van der Waals surface area contributed by atoms with E-state index in [0.717, 1.165) is 4.90 Å². The van der Waals surface area contributed by atoms with Crippen molar-refractivity contribution in [1.82, 2.24) is 14.2 Å². The van der Waals surface area contributed by atoms with Crippen molar-refractivity contribution in [2.24, 2.45) is 0 Å². The largest absolute Gasteiger partial charge is 0.480 e. The quantitative estimate of drug-likeness (QED) is 0.498. The van der Waals surface area contributed by atoms with Gasteiger partial charge < -0.3 is 9.84 Å². The number of pyridine rings is 1. The number of hydrogen-bond acceptors (Lipinski definition) is 7. The highest BCUT2D eigenvalue weighted by atomic mass is 32.2. The molecule has 0 unspecified atom stereocenters. The zero-order valence-electron chi connectivity index (χ0n) is 19.4. The van der Waals surface area contributed by atoms with Crippen molar-refractivity contribution in [2.45, 2.75) is 24.3 Å². The van der Waals surface area contributed by atoms with E-state index in [-0.39, 0.29) is 59.8 Å². The van der Waals surface area contributed by atoms with E-state index in [2.05, 4.69) is 4.98 Å². The summed E-state index contributed by atoms with van der Waals surface area (Å²) in [6, 6.07) is 11.5. The number of nitrogens with zero attached hydrogens (tertiary/aromatic N) is 3. The van der Waals surface area contributed by atoms with E-state index in [0.29, 0.717) is 11.1 Å². The lowest BCUT2D eigenvalue weighted by Crippen LogP contribution is -2.46. The molecule has 10 nitrogen and oxygen atoms in total. The van der Waals surface area contributed by atoms with Crippen molar-refractivity contribution in [2.75, 3.05) is 26.3 Å². The van der Waals surface area contributed by atoms with Gasteiger partial charge in [-0.3, -0.25) is 19.5 Å². The second-order valence-electron chi connectivity index (χ2n) is 8.67. The number of hydrogen-bond donors (Lipinski definition) is 1. The fourth-order valence-corrected chi connectivity index (χ4v) is 6.12. The molecule has 36 heavy (non-hydrogen) atoms. The van der Waals surface area contributed by atoms with Crippen molar-refractivity contribution in [3.63, 3.8) is 0 Å². The summed E-state index contributed by atoms with van der Waals surface area (Å²) in [4.78, 5) is 44.3. The maximum Gasteiger partial charge on any atom is 0.327 e. The van der Waals surface area contributed by atoms with Crippen LogP contribution in [0.5, 0.6) is 0 Å². The van der Waals surface area contributed by atoms with Crippen molar-refractivity contribution >= 4 is 38.7 Å². The minimum absolute atomic E-state index is 0.00673. The molecule has 2 amide bonds. The highest BCUT2D eigenvalue weighted by molar-refractivity contribution is 7.89. The minimum atomic E-state index is -3.87. The third-order valence-corrected chi connectivity index (χ3v) is 8.37. The third kappa shape index (κ3) is 3.94. The van der Waals surface area contributed by atoms with Gasteiger partial charge in [0.15, 0.2) is 0 Å². The van der Waals surface area contributed by atoms with Gasteiger partial charge in [0.05, 0.1) is 40.4 Å². The Morgan fingerprint density at radius 3 is 2.39 bits per heavy atom. The SMILES string of the molecule is Cc1nc2ccc(S(=O)(=O)N3CCOCC3)cc2c2c1C(=O)N([C@@H](Cc1ccccc1)C(=O)O)C2=O. The van der Waals surface area contributed by atoms with E-state index in [1.165, 1.54) is 22.5 Å². The number of benzene rings is 2. The smallest absolute Gasteiger partial charge is 0.327 e. The molecule has 0 saturated carbocycles. The number of aryl methyl sites for hydroxylation is 1. The van der Waals surface area contributed by atoms with Crippen LogP contribution in [0.2, 0.25) is 0 Å². The van der Waals surface area contributed by atoms with Crippen LogP contribution in [0.3, 0.4) is 0 Å². The normalized spacial score (nSPS) is 17.4. The highest BCUT2D eigenvalue weighted by Gasteiger charge is 2.45. The molecule has 1 fully saturated rings. The van der Waals surface area contributed by atoms with Crippen LogP contribution in [0.4, 0.5) is 0 Å². The van der Waals surface area contributed by atoms with Gasteiger partial charge in [0, 0.05) is 24.9 Å². The average Bonchev–Trinajstić information content (AvgIpc) is 3.14. The van der Waals surface area contributed by atoms with Crippen molar-refractivity contribution in [1.29, 1.82) is 0 Å². The van der Waals surface area contributed by atoms with E-state index in [1.807, 2.05) is 0 Å².